The summed E-state index contributed by atoms with van der Waals surface area (Å²) in [5, 5.41) is 0. The van der Waals surface area contributed by atoms with Gasteiger partial charge in [0, 0.05) is 22.9 Å². The van der Waals surface area contributed by atoms with Crippen LogP contribution in [0.5, 0.6) is 0 Å². The molecule has 2 aliphatic rings. The number of esters is 1. The number of hydrogen-bond donors (Lipinski definition) is 1. The first kappa shape index (κ1) is 16.8. The zero-order valence-electron chi connectivity index (χ0n) is 13.3. The lowest BCUT2D eigenvalue weighted by Crippen LogP contribution is -2.31. The Morgan fingerprint density at radius 2 is 2.21 bits per heavy atom. The lowest BCUT2D eigenvalue weighted by molar-refractivity contribution is -0.139. The summed E-state index contributed by atoms with van der Waals surface area (Å²) in [7, 11) is 0. The number of nitrogens with two attached hydrogens (primary N) is 1. The minimum Gasteiger partial charge on any atom is -0.462 e. The summed E-state index contributed by atoms with van der Waals surface area (Å²) in [6.07, 6.45) is 1.82. The van der Waals surface area contributed by atoms with E-state index in [1.165, 1.54) is 0 Å². The Bertz CT molecular complexity index is 766. The first-order valence-corrected chi connectivity index (χ1v) is 8.68. The Labute approximate surface area is 148 Å². The van der Waals surface area contributed by atoms with E-state index in [1.54, 1.807) is 6.92 Å². The number of allylic oxidation sites excluding steroid dienone is 2. The number of benzene rings is 1. The molecule has 0 saturated heterocycles. The lowest BCUT2D eigenvalue weighted by atomic mass is 9.77. The van der Waals surface area contributed by atoms with Crippen LogP contribution in [0.1, 0.15) is 37.7 Å². The minimum atomic E-state index is -0.557. The molecular formula is C18H18BrNO4. The molecule has 0 fully saturated rings. The molecule has 1 aliphatic heterocycles. The van der Waals surface area contributed by atoms with E-state index in [9.17, 15) is 9.59 Å². The van der Waals surface area contributed by atoms with Crippen LogP contribution in [0.25, 0.3) is 0 Å². The monoisotopic (exact) mass is 391 g/mol. The maximum atomic E-state index is 12.6. The number of carbonyl (C=O) groups is 2. The second-order valence-electron chi connectivity index (χ2n) is 5.70. The van der Waals surface area contributed by atoms with Crippen molar-refractivity contribution in [2.75, 3.05) is 6.61 Å². The fourth-order valence-corrected chi connectivity index (χ4v) is 3.60. The summed E-state index contributed by atoms with van der Waals surface area (Å²) in [5.74, 6) is -0.521. The molecular weight excluding hydrogens is 374 g/mol. The minimum absolute atomic E-state index is 0.00414. The van der Waals surface area contributed by atoms with Crippen molar-refractivity contribution < 1.29 is 19.1 Å². The van der Waals surface area contributed by atoms with Crippen LogP contribution in [0.15, 0.2) is 51.5 Å². The molecule has 1 atom stereocenters. The molecule has 0 aromatic heterocycles. The van der Waals surface area contributed by atoms with Gasteiger partial charge in [-0.15, -0.1) is 0 Å². The van der Waals surface area contributed by atoms with Crippen molar-refractivity contribution >= 4 is 27.7 Å². The van der Waals surface area contributed by atoms with E-state index in [-0.39, 0.29) is 23.8 Å². The number of hydrogen-bond acceptors (Lipinski definition) is 5. The largest absolute Gasteiger partial charge is 0.462 e. The molecule has 24 heavy (non-hydrogen) atoms. The average molecular weight is 392 g/mol. The molecule has 1 aliphatic carbocycles. The molecule has 0 radical (unpaired) electrons. The smallest absolute Gasteiger partial charge is 0.340 e. The van der Waals surface area contributed by atoms with Crippen LogP contribution in [0.2, 0.25) is 0 Å². The number of ether oxygens (including phenoxy) is 2. The maximum absolute atomic E-state index is 12.6. The van der Waals surface area contributed by atoms with Crippen LogP contribution in [0.3, 0.4) is 0 Å². The van der Waals surface area contributed by atoms with Crippen molar-refractivity contribution in [3.8, 4) is 0 Å². The second kappa shape index (κ2) is 6.81. The maximum Gasteiger partial charge on any atom is 0.340 e. The highest BCUT2D eigenvalue weighted by Crippen LogP contribution is 2.44. The molecule has 5 nitrogen and oxygen atoms in total. The third-order valence-electron chi connectivity index (χ3n) is 4.16. The van der Waals surface area contributed by atoms with Crippen LogP contribution >= 0.6 is 15.9 Å². The van der Waals surface area contributed by atoms with Gasteiger partial charge in [-0.2, -0.15) is 0 Å². The zero-order chi connectivity index (χ0) is 17.3. The van der Waals surface area contributed by atoms with Crippen molar-refractivity contribution in [3.05, 3.63) is 57.1 Å². The summed E-state index contributed by atoms with van der Waals surface area (Å²) >= 11 is 3.44. The van der Waals surface area contributed by atoms with Gasteiger partial charge in [0.25, 0.3) is 0 Å². The summed E-state index contributed by atoms with van der Waals surface area (Å²) in [6.45, 7) is 1.95. The number of Topliss-reactive ketones (excluding diaryl/α,β-unsaturated/α-hetero) is 1. The first-order valence-electron chi connectivity index (χ1n) is 7.89. The van der Waals surface area contributed by atoms with E-state index in [0.29, 0.717) is 24.2 Å². The molecule has 6 heteroatoms. The topological polar surface area (TPSA) is 78.6 Å². The standard InChI is InChI=1S/C18H18BrNO4/c1-2-23-18(22)16-14(10-5-3-6-11(19)9-10)15-12(21)7-4-8-13(15)24-17(16)20/h3,5-6,9,14H,2,4,7-8,20H2,1H3/t14-/m1/s1. The molecule has 0 unspecified atom stereocenters. The Kier molecular flexibility index (Phi) is 4.76. The van der Waals surface area contributed by atoms with Gasteiger partial charge in [-0.1, -0.05) is 28.1 Å². The predicted octanol–water partition coefficient (Wildman–Crippen LogP) is 3.30. The van der Waals surface area contributed by atoms with Gasteiger partial charge in [0.1, 0.15) is 11.3 Å². The van der Waals surface area contributed by atoms with E-state index in [1.807, 2.05) is 24.3 Å². The third kappa shape index (κ3) is 2.98. The Morgan fingerprint density at radius 1 is 1.42 bits per heavy atom. The summed E-state index contributed by atoms with van der Waals surface area (Å²) in [6, 6.07) is 7.51. The Morgan fingerprint density at radius 3 is 2.92 bits per heavy atom. The predicted molar refractivity (Wildman–Crippen MR) is 91.7 cm³/mol. The van der Waals surface area contributed by atoms with Crippen LogP contribution in [0, 0.1) is 0 Å². The second-order valence-corrected chi connectivity index (χ2v) is 6.62. The van der Waals surface area contributed by atoms with Crippen molar-refractivity contribution in [2.24, 2.45) is 5.73 Å². The zero-order valence-corrected chi connectivity index (χ0v) is 14.9. The number of halogens is 1. The highest BCUT2D eigenvalue weighted by molar-refractivity contribution is 9.10. The first-order chi connectivity index (χ1) is 11.5. The average Bonchev–Trinajstić information content (AvgIpc) is 2.54. The Hall–Kier alpha value is -2.08. The summed E-state index contributed by atoms with van der Waals surface area (Å²) in [5.41, 5.74) is 7.56. The van der Waals surface area contributed by atoms with E-state index < -0.39 is 11.9 Å². The molecule has 1 heterocycles. The van der Waals surface area contributed by atoms with Gasteiger partial charge in [0.2, 0.25) is 5.88 Å². The third-order valence-corrected chi connectivity index (χ3v) is 4.66. The van der Waals surface area contributed by atoms with E-state index in [0.717, 1.165) is 16.5 Å². The van der Waals surface area contributed by atoms with Crippen molar-refractivity contribution in [2.45, 2.75) is 32.1 Å². The molecule has 126 valence electrons. The highest BCUT2D eigenvalue weighted by Gasteiger charge is 2.41. The fourth-order valence-electron chi connectivity index (χ4n) is 3.18. The number of ketones is 1. The van der Waals surface area contributed by atoms with Gasteiger partial charge in [0.05, 0.1) is 12.5 Å². The molecule has 3 rings (SSSR count). The summed E-state index contributed by atoms with van der Waals surface area (Å²) in [4.78, 5) is 25.0. The van der Waals surface area contributed by atoms with Gasteiger partial charge in [-0.3, -0.25) is 4.79 Å². The van der Waals surface area contributed by atoms with Gasteiger partial charge >= 0.3 is 5.97 Å². The molecule has 0 saturated carbocycles. The quantitative estimate of drug-likeness (QED) is 0.799. The fraction of sp³-hybridized carbons (Fsp3) is 0.333. The van der Waals surface area contributed by atoms with Gasteiger partial charge in [-0.25, -0.2) is 4.79 Å². The Balaban J connectivity index is 2.17. The molecule has 1 aromatic rings. The molecule has 0 amide bonds. The molecule has 0 bridgehead atoms. The van der Waals surface area contributed by atoms with Gasteiger partial charge in [0.15, 0.2) is 5.78 Å². The van der Waals surface area contributed by atoms with E-state index in [2.05, 4.69) is 15.9 Å². The molecule has 2 N–H and O–H groups in total. The van der Waals surface area contributed by atoms with Gasteiger partial charge in [-0.05, 0) is 31.0 Å². The van der Waals surface area contributed by atoms with Crippen molar-refractivity contribution in [1.82, 2.24) is 0 Å². The van der Waals surface area contributed by atoms with Crippen LogP contribution in [-0.4, -0.2) is 18.4 Å². The SMILES string of the molecule is CCOC(=O)C1=C(N)OC2=C(C(=O)CCC2)[C@H]1c1cccc(Br)c1. The van der Waals surface area contributed by atoms with Crippen LogP contribution < -0.4 is 5.73 Å². The number of carbonyl (C=O) groups excluding carboxylic acids is 2. The summed E-state index contributed by atoms with van der Waals surface area (Å²) < 4.78 is 11.6. The lowest BCUT2D eigenvalue weighted by Gasteiger charge is -2.32. The van der Waals surface area contributed by atoms with Gasteiger partial charge < -0.3 is 15.2 Å². The van der Waals surface area contributed by atoms with E-state index in [4.69, 9.17) is 15.2 Å². The molecule has 1 aromatic carbocycles. The van der Waals surface area contributed by atoms with Crippen LogP contribution in [0.4, 0.5) is 0 Å². The highest BCUT2D eigenvalue weighted by atomic mass is 79.9. The van der Waals surface area contributed by atoms with Crippen LogP contribution in [-0.2, 0) is 19.1 Å². The molecule has 0 spiro atoms. The van der Waals surface area contributed by atoms with E-state index >= 15 is 0 Å². The van der Waals surface area contributed by atoms with Crippen molar-refractivity contribution in [1.29, 1.82) is 0 Å². The number of rotatable bonds is 3. The van der Waals surface area contributed by atoms with Crippen molar-refractivity contribution in [3.63, 3.8) is 0 Å². The normalized spacial score (nSPS) is 20.6.